The summed E-state index contributed by atoms with van der Waals surface area (Å²) in [6.07, 6.45) is 5.13. The molecule has 5 N–H and O–H groups in total. The number of nitrogens with zero attached hydrogens (tertiary/aromatic N) is 15. The van der Waals surface area contributed by atoms with Gasteiger partial charge in [0.25, 0.3) is 16.7 Å². The number of thiazole rings is 3. The molecule has 29 heteroatoms. The van der Waals surface area contributed by atoms with Crippen LogP contribution in [0.25, 0.3) is 63.8 Å². The van der Waals surface area contributed by atoms with Crippen LogP contribution in [0.15, 0.2) is 124 Å². The molecule has 0 aliphatic carbocycles. The first-order valence-corrected chi connectivity index (χ1v) is 30.9. The molecule has 0 bridgehead atoms. The third-order valence-electron chi connectivity index (χ3n) is 14.9. The Balaban J connectivity index is 0.000000132. The zero-order chi connectivity index (χ0) is 65.1. The number of hydrogen-bond acceptors (Lipinski definition) is 22. The van der Waals surface area contributed by atoms with Crippen molar-refractivity contribution < 1.29 is 23.3 Å². The van der Waals surface area contributed by atoms with Gasteiger partial charge in [0.15, 0.2) is 16.9 Å². The molecule has 2 aromatic carbocycles. The van der Waals surface area contributed by atoms with Crippen molar-refractivity contribution in [1.82, 2.24) is 72.9 Å². The van der Waals surface area contributed by atoms with Crippen molar-refractivity contribution >= 4 is 109 Å². The number of methoxy groups -OCH3 is 4. The number of rotatable bonds is 14. The maximum atomic E-state index is 13.2. The molecule has 0 spiro atoms. The fourth-order valence-electron chi connectivity index (χ4n) is 10.5. The monoisotopic (exact) mass is 1300 g/mol. The zero-order valence-electron chi connectivity index (χ0n) is 51.8. The third-order valence-corrected chi connectivity index (χ3v) is 17.9. The van der Waals surface area contributed by atoms with E-state index in [1.807, 2.05) is 118 Å². The Bertz CT molecular complexity index is 5080. The molecule has 25 nitrogen and oxygen atoms in total. The van der Waals surface area contributed by atoms with Crippen LogP contribution in [0.4, 0.5) is 16.0 Å². The minimum Gasteiger partial charge on any atom is -0.497 e. The topological polar surface area (TPSA) is 298 Å². The lowest BCUT2D eigenvalue weighted by Gasteiger charge is -2.12. The minimum atomic E-state index is -0.573. The number of halogens is 1. The normalized spacial score (nSPS) is 11.2. The van der Waals surface area contributed by atoms with Crippen LogP contribution in [0.2, 0.25) is 0 Å². The van der Waals surface area contributed by atoms with Crippen molar-refractivity contribution in [2.24, 2.45) is 26.9 Å². The predicted molar refractivity (Wildman–Crippen MR) is 357 cm³/mol. The molecule has 12 heterocycles. The van der Waals surface area contributed by atoms with Crippen LogP contribution in [0.5, 0.6) is 23.0 Å². The Hall–Kier alpha value is -10.5. The van der Waals surface area contributed by atoms with Gasteiger partial charge in [-0.1, -0.05) is 24.3 Å². The van der Waals surface area contributed by atoms with E-state index in [-0.39, 0.29) is 36.3 Å². The number of anilines is 2. The first kappa shape index (κ1) is 63.1. The van der Waals surface area contributed by atoms with Crippen LogP contribution >= 0.6 is 34.0 Å². The molecule has 0 amide bonds. The fraction of sp³-hybridized carbons (Fsp3) is 0.238. The highest BCUT2D eigenvalue weighted by atomic mass is 32.1. The maximum Gasteiger partial charge on any atom is 0.291 e. The van der Waals surface area contributed by atoms with E-state index in [1.165, 1.54) is 20.1 Å². The number of hydrogen-bond donors (Lipinski definition) is 3. The Morgan fingerprint density at radius 3 is 1.32 bits per heavy atom. The van der Waals surface area contributed by atoms with Crippen molar-refractivity contribution in [3.8, 4) is 23.0 Å². The molecule has 0 fully saturated rings. The van der Waals surface area contributed by atoms with E-state index in [1.54, 1.807) is 104 Å². The summed E-state index contributed by atoms with van der Waals surface area (Å²) >= 11 is 4.69. The summed E-state index contributed by atoms with van der Waals surface area (Å²) in [7, 11) is 12.0. The summed E-state index contributed by atoms with van der Waals surface area (Å²) in [5, 5.41) is 21.6. The summed E-state index contributed by atoms with van der Waals surface area (Å²) in [4.78, 5) is 64.9. The molecule has 0 saturated heterocycles. The van der Waals surface area contributed by atoms with Gasteiger partial charge in [-0.05, 0) is 75.4 Å². The molecule has 14 rings (SSSR count). The van der Waals surface area contributed by atoms with E-state index in [0.717, 1.165) is 102 Å². The lowest BCUT2D eigenvalue weighted by Crippen LogP contribution is -2.25. The minimum absolute atomic E-state index is 0.123. The van der Waals surface area contributed by atoms with E-state index in [0.29, 0.717) is 52.7 Å². The molecule has 472 valence electrons. The van der Waals surface area contributed by atoms with Gasteiger partial charge in [-0.25, -0.2) is 43.9 Å². The van der Waals surface area contributed by atoms with Gasteiger partial charge in [0.1, 0.15) is 51.2 Å². The van der Waals surface area contributed by atoms with Gasteiger partial charge in [-0.2, -0.15) is 19.7 Å². The van der Waals surface area contributed by atoms with Gasteiger partial charge in [-0.3, -0.25) is 14.4 Å². The number of pyridine rings is 3. The van der Waals surface area contributed by atoms with Gasteiger partial charge in [0, 0.05) is 73.7 Å². The standard InChI is InChI=1S/C24H24N6O3S.C15H12FN5OS.C15H14N6OS.C9H13NO2/c1-14-27-23-22(34-14)18-12-26-30(24(31)21(18)29(23)2)13-16-6-5-7-20(28-16)25-11-15-8-9-17(32-3)10-19(15)33-4;2*1-8-18-14-13(23-8)10-6-17-21(15(22)12(10)20(14)2)7-9-4-3-5-11(16)19-9;1-11-8-4-3-7(6-10)9(5-8)12-2/h5-10,12H,11,13H2,1-4H3,(H,25,28);3-6H,7H2,1-2H3;3-6H,7H2,1-2H3,(H2,16,19);3-5H,6,10H2,1-2H3. The number of nitrogens with two attached hydrogens (primary N) is 2. The SMILES string of the molecule is COc1ccc(CN)c(OC)c1.COc1ccc(CNc2cccc(Cn3ncc4c5sc(C)nc5n(C)c4c3=O)n2)c(OC)c1.Cc1nc2c(s1)c1cnn(Cc3cccc(F)n3)c(=O)c1n2C.Cc1nc2c(s1)c1cnn(Cc3cccc(N)n3)c(=O)c1n2C. The Morgan fingerprint density at radius 1 is 0.500 bits per heavy atom. The Labute approximate surface area is 535 Å². The van der Waals surface area contributed by atoms with Crippen molar-refractivity contribution in [2.45, 2.75) is 53.5 Å². The number of nitrogen functional groups attached to an aromatic ring is 1. The lowest BCUT2D eigenvalue weighted by molar-refractivity contribution is 0.391. The highest BCUT2D eigenvalue weighted by Gasteiger charge is 2.21. The maximum absolute atomic E-state index is 13.2. The molecule has 14 aromatic rings. The average molecular weight is 1300 g/mol. The van der Waals surface area contributed by atoms with Gasteiger partial charge in [-0.15, -0.1) is 34.0 Å². The number of fused-ring (bicyclic) bond motifs is 9. The summed E-state index contributed by atoms with van der Waals surface area (Å²) in [6, 6.07) is 26.8. The molecular weight excluding hydrogens is 1240 g/mol. The van der Waals surface area contributed by atoms with Crippen LogP contribution in [0.3, 0.4) is 0 Å². The molecule has 0 radical (unpaired) electrons. The summed E-state index contributed by atoms with van der Waals surface area (Å²) in [5.41, 5.74) is 18.6. The quantitative estimate of drug-likeness (QED) is 0.0856. The molecule has 12 aromatic heterocycles. The van der Waals surface area contributed by atoms with Crippen LogP contribution < -0.4 is 52.4 Å². The van der Waals surface area contributed by atoms with E-state index >= 15 is 0 Å². The fourth-order valence-corrected chi connectivity index (χ4v) is 13.4. The third kappa shape index (κ3) is 12.8. The molecule has 0 atom stereocenters. The molecular formula is C63H63FN18O7S3. The summed E-state index contributed by atoms with van der Waals surface area (Å²) in [5.74, 6) is 3.58. The van der Waals surface area contributed by atoms with Crippen LogP contribution in [0, 0.1) is 26.7 Å². The van der Waals surface area contributed by atoms with Crippen molar-refractivity contribution in [1.29, 1.82) is 0 Å². The second-order valence-electron chi connectivity index (χ2n) is 20.9. The summed E-state index contributed by atoms with van der Waals surface area (Å²) < 4.78 is 46.6. The largest absolute Gasteiger partial charge is 0.497 e. The van der Waals surface area contributed by atoms with E-state index < -0.39 is 5.95 Å². The number of ether oxygens (including phenoxy) is 4. The summed E-state index contributed by atoms with van der Waals surface area (Å²) in [6.45, 7) is 7.53. The van der Waals surface area contributed by atoms with E-state index in [2.05, 4.69) is 50.5 Å². The first-order chi connectivity index (χ1) is 44.4. The van der Waals surface area contributed by atoms with Gasteiger partial charge in [0.05, 0.1) is 113 Å². The molecule has 0 aliphatic rings. The second-order valence-corrected chi connectivity index (χ2v) is 24.5. The number of aromatic nitrogens is 15. The highest BCUT2D eigenvalue weighted by molar-refractivity contribution is 7.20. The number of benzene rings is 2. The first-order valence-electron chi connectivity index (χ1n) is 28.5. The smallest absolute Gasteiger partial charge is 0.291 e. The average Bonchev–Trinajstić information content (AvgIpc) is 1.62. The van der Waals surface area contributed by atoms with Crippen LogP contribution in [-0.4, -0.2) is 101 Å². The van der Waals surface area contributed by atoms with Crippen molar-refractivity contribution in [2.75, 3.05) is 39.5 Å². The lowest BCUT2D eigenvalue weighted by atomic mass is 10.2. The second kappa shape index (κ2) is 26.9. The number of nitrogens with one attached hydrogen (secondary N) is 1. The van der Waals surface area contributed by atoms with Gasteiger partial charge in [0.2, 0.25) is 5.95 Å². The predicted octanol–water partition coefficient (Wildman–Crippen LogP) is 8.80. The van der Waals surface area contributed by atoms with Gasteiger partial charge >= 0.3 is 0 Å². The van der Waals surface area contributed by atoms with Crippen molar-refractivity contribution in [3.05, 3.63) is 190 Å². The number of aryl methyl sites for hydroxylation is 6. The van der Waals surface area contributed by atoms with Crippen molar-refractivity contribution in [3.63, 3.8) is 0 Å². The van der Waals surface area contributed by atoms with Crippen LogP contribution in [0.1, 0.15) is 43.2 Å². The van der Waals surface area contributed by atoms with E-state index in [4.69, 9.17) is 30.4 Å². The van der Waals surface area contributed by atoms with E-state index in [9.17, 15) is 18.8 Å². The molecule has 0 aliphatic heterocycles. The Kier molecular flexibility index (Phi) is 18.5. The molecule has 92 heavy (non-hydrogen) atoms. The molecule has 0 unspecified atom stereocenters. The van der Waals surface area contributed by atoms with Crippen LogP contribution in [-0.2, 0) is 53.9 Å². The van der Waals surface area contributed by atoms with Gasteiger partial charge < -0.3 is 49.4 Å². The highest BCUT2D eigenvalue weighted by Crippen LogP contribution is 2.33. The Morgan fingerprint density at radius 2 is 0.902 bits per heavy atom. The molecule has 0 saturated carbocycles. The zero-order valence-corrected chi connectivity index (χ0v) is 54.2.